The highest BCUT2D eigenvalue weighted by atomic mass is 32.2. The minimum absolute atomic E-state index is 0.0333. The van der Waals surface area contributed by atoms with E-state index < -0.39 is 5.97 Å². The molecule has 8 heteroatoms. The lowest BCUT2D eigenvalue weighted by Gasteiger charge is -2.09. The van der Waals surface area contributed by atoms with Gasteiger partial charge in [0.2, 0.25) is 0 Å². The first kappa shape index (κ1) is 15.4. The third-order valence-corrected chi connectivity index (χ3v) is 3.78. The maximum Gasteiger partial charge on any atom is 0.313 e. The summed E-state index contributed by atoms with van der Waals surface area (Å²) in [7, 11) is 0. The maximum atomic E-state index is 10.7. The van der Waals surface area contributed by atoms with E-state index >= 15 is 0 Å². The molecule has 0 atom stereocenters. The minimum atomic E-state index is -0.870. The van der Waals surface area contributed by atoms with Crippen molar-refractivity contribution in [3.63, 3.8) is 0 Å². The van der Waals surface area contributed by atoms with Crippen LogP contribution in [0.5, 0.6) is 0 Å². The fourth-order valence-corrected chi connectivity index (χ4v) is 2.61. The van der Waals surface area contributed by atoms with Gasteiger partial charge in [-0.15, -0.1) is 10.2 Å². The largest absolute Gasteiger partial charge is 0.481 e. The molecule has 0 aliphatic heterocycles. The predicted molar refractivity (Wildman–Crippen MR) is 79.2 cm³/mol. The number of carboxylic acid groups (broad SMARTS) is 1. The van der Waals surface area contributed by atoms with Crippen molar-refractivity contribution in [2.45, 2.75) is 38.9 Å². The second-order valence-corrected chi connectivity index (χ2v) is 5.57. The average molecular weight is 307 g/mol. The van der Waals surface area contributed by atoms with E-state index in [0.717, 1.165) is 29.9 Å². The number of hydrogen-bond donors (Lipinski definition) is 1. The first-order valence-corrected chi connectivity index (χ1v) is 7.60. The maximum absolute atomic E-state index is 10.7. The second-order valence-electron chi connectivity index (χ2n) is 4.63. The van der Waals surface area contributed by atoms with Crippen LogP contribution in [0.1, 0.15) is 24.7 Å². The Morgan fingerprint density at radius 1 is 1.29 bits per heavy atom. The Kier molecular flexibility index (Phi) is 4.89. The van der Waals surface area contributed by atoms with Gasteiger partial charge in [0.15, 0.2) is 11.0 Å². The van der Waals surface area contributed by atoms with Crippen molar-refractivity contribution in [2.24, 2.45) is 0 Å². The lowest BCUT2D eigenvalue weighted by Crippen LogP contribution is -2.06. The van der Waals surface area contributed by atoms with Crippen molar-refractivity contribution in [1.29, 1.82) is 0 Å². The summed E-state index contributed by atoms with van der Waals surface area (Å²) in [5.41, 5.74) is 2.46. The van der Waals surface area contributed by atoms with Gasteiger partial charge in [-0.1, -0.05) is 18.7 Å². The van der Waals surface area contributed by atoms with E-state index in [1.54, 1.807) is 0 Å². The van der Waals surface area contributed by atoms with Crippen molar-refractivity contribution in [1.82, 2.24) is 25.0 Å². The number of aliphatic carboxylic acids is 1. The molecule has 1 N–H and O–H groups in total. The quantitative estimate of drug-likeness (QED) is 0.815. The van der Waals surface area contributed by atoms with Gasteiger partial charge in [0, 0.05) is 12.1 Å². The molecule has 0 saturated carbocycles. The van der Waals surface area contributed by atoms with Crippen LogP contribution in [0, 0.1) is 13.8 Å². The smallest absolute Gasteiger partial charge is 0.313 e. The molecule has 0 bridgehead atoms. The predicted octanol–water partition coefficient (Wildman–Crippen LogP) is 1.94. The third-order valence-electron chi connectivity index (χ3n) is 2.83. The Balaban J connectivity index is 2.43. The highest BCUT2D eigenvalue weighted by Gasteiger charge is 2.17. The zero-order valence-electron chi connectivity index (χ0n) is 12.2. The molecular formula is C13H17N5O2S. The monoisotopic (exact) mass is 307 g/mol. The van der Waals surface area contributed by atoms with Gasteiger partial charge >= 0.3 is 5.97 Å². The van der Waals surface area contributed by atoms with E-state index in [0.29, 0.717) is 11.0 Å². The topological polar surface area (TPSA) is 93.8 Å². The number of rotatable bonds is 6. The summed E-state index contributed by atoms with van der Waals surface area (Å²) in [4.78, 5) is 10.7. The van der Waals surface area contributed by atoms with Crippen LogP contribution in [0.15, 0.2) is 11.2 Å². The van der Waals surface area contributed by atoms with Gasteiger partial charge in [-0.3, -0.25) is 4.79 Å². The molecule has 0 unspecified atom stereocenters. The summed E-state index contributed by atoms with van der Waals surface area (Å²) in [5, 5.41) is 25.9. The van der Waals surface area contributed by atoms with Crippen LogP contribution < -0.4 is 0 Å². The highest BCUT2D eigenvalue weighted by molar-refractivity contribution is 7.99. The second kappa shape index (κ2) is 6.66. The van der Waals surface area contributed by atoms with E-state index in [4.69, 9.17) is 5.11 Å². The zero-order chi connectivity index (χ0) is 15.4. The van der Waals surface area contributed by atoms with Crippen molar-refractivity contribution in [2.75, 3.05) is 5.75 Å². The summed E-state index contributed by atoms with van der Waals surface area (Å²) >= 11 is 1.17. The average Bonchev–Trinajstić information content (AvgIpc) is 2.82. The molecule has 0 amide bonds. The van der Waals surface area contributed by atoms with Crippen molar-refractivity contribution < 1.29 is 9.90 Å². The fraction of sp³-hybridized carbons (Fsp3) is 0.462. The molecule has 0 aliphatic carbocycles. The van der Waals surface area contributed by atoms with Crippen LogP contribution >= 0.6 is 11.8 Å². The van der Waals surface area contributed by atoms with Crippen LogP contribution in [0.3, 0.4) is 0 Å². The van der Waals surface area contributed by atoms with Gasteiger partial charge < -0.3 is 9.67 Å². The number of aryl methyl sites for hydroxylation is 2. The normalized spacial score (nSPS) is 10.8. The van der Waals surface area contributed by atoms with Gasteiger partial charge in [-0.2, -0.15) is 10.2 Å². The molecule has 2 rings (SSSR count). The van der Waals surface area contributed by atoms with Crippen molar-refractivity contribution in [3.05, 3.63) is 17.5 Å². The molecule has 0 aliphatic rings. The van der Waals surface area contributed by atoms with Gasteiger partial charge in [-0.25, -0.2) is 0 Å². The van der Waals surface area contributed by atoms with E-state index in [1.165, 1.54) is 11.8 Å². The van der Waals surface area contributed by atoms with Gasteiger partial charge in [0.1, 0.15) is 0 Å². The fourth-order valence-electron chi connectivity index (χ4n) is 1.92. The lowest BCUT2D eigenvalue weighted by molar-refractivity contribution is -0.133. The molecule has 21 heavy (non-hydrogen) atoms. The summed E-state index contributed by atoms with van der Waals surface area (Å²) in [6.45, 7) is 6.52. The Hall–Kier alpha value is -1.96. The van der Waals surface area contributed by atoms with Crippen LogP contribution in [-0.4, -0.2) is 41.8 Å². The van der Waals surface area contributed by atoms with E-state index in [-0.39, 0.29) is 5.75 Å². The minimum Gasteiger partial charge on any atom is -0.481 e. The molecule has 0 saturated heterocycles. The Bertz CT molecular complexity index is 656. The van der Waals surface area contributed by atoms with Crippen LogP contribution in [0.2, 0.25) is 0 Å². The zero-order valence-corrected chi connectivity index (χ0v) is 13.0. The highest BCUT2D eigenvalue weighted by Crippen LogP contribution is 2.26. The van der Waals surface area contributed by atoms with Crippen LogP contribution in [-0.2, 0) is 11.3 Å². The number of aromatic nitrogens is 5. The molecule has 0 aromatic carbocycles. The first-order valence-electron chi connectivity index (χ1n) is 6.62. The Morgan fingerprint density at radius 3 is 2.71 bits per heavy atom. The molecule has 0 fully saturated rings. The molecule has 0 spiro atoms. The number of nitrogens with zero attached hydrogens (tertiary/aromatic N) is 5. The van der Waals surface area contributed by atoms with E-state index in [9.17, 15) is 4.79 Å². The lowest BCUT2D eigenvalue weighted by atomic mass is 10.2. The SMILES string of the molecule is CCCn1c(SCC(=O)O)nnc1-c1cc(C)nnc1C. The van der Waals surface area contributed by atoms with E-state index in [2.05, 4.69) is 27.3 Å². The third kappa shape index (κ3) is 3.57. The molecule has 2 aromatic rings. The number of carbonyl (C=O) groups is 1. The van der Waals surface area contributed by atoms with Gasteiger partial charge in [0.05, 0.1) is 17.1 Å². The van der Waals surface area contributed by atoms with Crippen LogP contribution in [0.25, 0.3) is 11.4 Å². The summed E-state index contributed by atoms with van der Waals surface area (Å²) < 4.78 is 1.94. The van der Waals surface area contributed by atoms with Gasteiger partial charge in [-0.05, 0) is 26.3 Å². The molecular weight excluding hydrogens is 290 g/mol. The number of thioether (sulfide) groups is 1. The summed E-state index contributed by atoms with van der Waals surface area (Å²) in [6.07, 6.45) is 0.905. The molecule has 7 nitrogen and oxygen atoms in total. The molecule has 112 valence electrons. The van der Waals surface area contributed by atoms with E-state index in [1.807, 2.05) is 24.5 Å². The summed E-state index contributed by atoms with van der Waals surface area (Å²) in [5.74, 6) is -0.195. The first-order chi connectivity index (χ1) is 10.0. The standard InChI is InChI=1S/C13H17N5O2S/c1-4-5-18-12(10-6-8(2)14-15-9(10)3)16-17-13(18)21-7-11(19)20/h6H,4-5,7H2,1-3H3,(H,19,20). The molecule has 2 heterocycles. The molecule has 2 aromatic heterocycles. The Morgan fingerprint density at radius 2 is 2.05 bits per heavy atom. The van der Waals surface area contributed by atoms with Gasteiger partial charge in [0.25, 0.3) is 0 Å². The summed E-state index contributed by atoms with van der Waals surface area (Å²) in [6, 6.07) is 1.92. The van der Waals surface area contributed by atoms with Crippen molar-refractivity contribution >= 4 is 17.7 Å². The Labute approximate surface area is 126 Å². The van der Waals surface area contributed by atoms with Crippen molar-refractivity contribution in [3.8, 4) is 11.4 Å². The number of hydrogen-bond acceptors (Lipinski definition) is 6. The van der Waals surface area contributed by atoms with Crippen LogP contribution in [0.4, 0.5) is 0 Å². The number of carboxylic acids is 1. The molecule has 0 radical (unpaired) electrons.